The number of thiocarbonyl (C=S) groups is 1. The Bertz CT molecular complexity index is 1030. The Labute approximate surface area is 165 Å². The van der Waals surface area contributed by atoms with Crippen LogP contribution < -0.4 is 9.50 Å². The van der Waals surface area contributed by atoms with E-state index in [1.54, 1.807) is 12.1 Å². The molecular formula is C17H12ClNO4S3. The first kappa shape index (κ1) is 18.9. The highest BCUT2D eigenvalue weighted by molar-refractivity contribution is 8.26. The molecule has 1 fully saturated rings. The van der Waals surface area contributed by atoms with Gasteiger partial charge in [0.1, 0.15) is 15.0 Å². The van der Waals surface area contributed by atoms with Crippen LogP contribution in [0.25, 0.3) is 6.08 Å². The molecule has 1 saturated heterocycles. The highest BCUT2D eigenvalue weighted by atomic mass is 35.5. The highest BCUT2D eigenvalue weighted by Gasteiger charge is 2.24. The summed E-state index contributed by atoms with van der Waals surface area (Å²) in [6, 6.07) is 10.8. The molecule has 1 amide bonds. The van der Waals surface area contributed by atoms with Gasteiger partial charge in [-0.05, 0) is 43.3 Å². The van der Waals surface area contributed by atoms with E-state index >= 15 is 0 Å². The fourth-order valence-corrected chi connectivity index (χ4v) is 4.31. The average Bonchev–Trinajstić information content (AvgIpc) is 2.88. The van der Waals surface area contributed by atoms with Crippen LogP contribution in [0.2, 0.25) is 5.02 Å². The lowest BCUT2D eigenvalue weighted by Crippen LogP contribution is -2.17. The summed E-state index contributed by atoms with van der Waals surface area (Å²) in [5, 5.41) is 2.87. The fraction of sp³-hybridized carbons (Fsp3) is 0.0588. The Balaban J connectivity index is 1.98. The molecule has 0 aromatic heterocycles. The molecule has 26 heavy (non-hydrogen) atoms. The molecule has 0 aliphatic carbocycles. The van der Waals surface area contributed by atoms with Crippen LogP contribution in [-0.4, -0.2) is 18.6 Å². The molecule has 5 nitrogen and oxygen atoms in total. The molecule has 1 N–H and O–H groups in total. The predicted octanol–water partition coefficient (Wildman–Crippen LogP) is 3.90. The van der Waals surface area contributed by atoms with Crippen LogP contribution in [0.15, 0.2) is 52.3 Å². The summed E-state index contributed by atoms with van der Waals surface area (Å²) in [6.45, 7) is 1.86. The number of halogens is 1. The number of hydrogen-bond donors (Lipinski definition) is 1. The summed E-state index contributed by atoms with van der Waals surface area (Å²) < 4.78 is 30.7. The molecule has 9 heteroatoms. The van der Waals surface area contributed by atoms with Crippen molar-refractivity contribution in [2.75, 3.05) is 0 Å². The number of carbonyl (C=O) groups excluding carboxylic acids is 1. The predicted molar refractivity (Wildman–Crippen MR) is 107 cm³/mol. The minimum Gasteiger partial charge on any atom is -0.378 e. The van der Waals surface area contributed by atoms with Crippen molar-refractivity contribution >= 4 is 62.0 Å². The van der Waals surface area contributed by atoms with Gasteiger partial charge >= 0.3 is 10.1 Å². The molecule has 0 saturated carbocycles. The number of benzene rings is 2. The number of carbonyl (C=O) groups is 1. The van der Waals surface area contributed by atoms with Crippen molar-refractivity contribution in [2.45, 2.75) is 11.8 Å². The van der Waals surface area contributed by atoms with E-state index in [-0.39, 0.29) is 16.6 Å². The van der Waals surface area contributed by atoms with Gasteiger partial charge in [-0.3, -0.25) is 4.79 Å². The normalized spacial score (nSPS) is 16.0. The van der Waals surface area contributed by atoms with Gasteiger partial charge in [-0.2, -0.15) is 8.42 Å². The Morgan fingerprint density at radius 1 is 1.19 bits per heavy atom. The van der Waals surface area contributed by atoms with E-state index in [2.05, 4.69) is 5.32 Å². The molecule has 0 unspecified atom stereocenters. The lowest BCUT2D eigenvalue weighted by Gasteiger charge is -2.10. The molecule has 0 bridgehead atoms. The van der Waals surface area contributed by atoms with Gasteiger partial charge in [0.2, 0.25) is 0 Å². The van der Waals surface area contributed by atoms with E-state index in [4.69, 9.17) is 28.0 Å². The third kappa shape index (κ3) is 4.27. The van der Waals surface area contributed by atoms with Crippen LogP contribution in [-0.2, 0) is 14.9 Å². The molecule has 0 atom stereocenters. The molecule has 0 radical (unpaired) electrons. The third-order valence-electron chi connectivity index (χ3n) is 3.41. The fourth-order valence-electron chi connectivity index (χ4n) is 2.14. The van der Waals surface area contributed by atoms with Gasteiger partial charge in [0.05, 0.1) is 4.91 Å². The molecule has 1 aliphatic heterocycles. The van der Waals surface area contributed by atoms with Crippen LogP contribution in [0.1, 0.15) is 11.1 Å². The zero-order valence-corrected chi connectivity index (χ0v) is 16.6. The first-order chi connectivity index (χ1) is 12.2. The molecule has 134 valence electrons. The van der Waals surface area contributed by atoms with Crippen molar-refractivity contribution < 1.29 is 17.4 Å². The Morgan fingerprint density at radius 3 is 2.50 bits per heavy atom. The Morgan fingerprint density at radius 2 is 1.88 bits per heavy atom. The second kappa shape index (κ2) is 7.40. The van der Waals surface area contributed by atoms with E-state index in [1.165, 1.54) is 36.4 Å². The van der Waals surface area contributed by atoms with E-state index in [0.717, 1.165) is 17.3 Å². The van der Waals surface area contributed by atoms with Crippen molar-refractivity contribution in [1.82, 2.24) is 5.32 Å². The van der Waals surface area contributed by atoms with E-state index in [0.29, 0.717) is 19.8 Å². The first-order valence-electron chi connectivity index (χ1n) is 7.30. The molecule has 3 rings (SSSR count). The van der Waals surface area contributed by atoms with Crippen LogP contribution in [0.5, 0.6) is 5.75 Å². The molecular weight excluding hydrogens is 414 g/mol. The summed E-state index contributed by atoms with van der Waals surface area (Å²) in [5.41, 5.74) is 1.29. The van der Waals surface area contributed by atoms with Crippen molar-refractivity contribution in [3.8, 4) is 5.75 Å². The number of amides is 1. The van der Waals surface area contributed by atoms with Crippen molar-refractivity contribution in [3.63, 3.8) is 0 Å². The zero-order chi connectivity index (χ0) is 18.9. The number of nitrogens with one attached hydrogen (secondary N) is 1. The number of aryl methyl sites for hydroxylation is 1. The standard InChI is InChI=1S/C17H12ClNO4S3/c1-10-2-5-13(6-3-10)26(21,22)23-14-7-4-12(18)8-11(14)9-15-16(20)19-17(24)25-15/h2-9H,1H3,(H,19,20,24). The van der Waals surface area contributed by atoms with Gasteiger partial charge in [0.25, 0.3) is 5.91 Å². The summed E-state index contributed by atoms with van der Waals surface area (Å²) >= 11 is 12.0. The molecule has 2 aromatic carbocycles. The quantitative estimate of drug-likeness (QED) is 0.455. The van der Waals surface area contributed by atoms with E-state index in [9.17, 15) is 13.2 Å². The largest absolute Gasteiger partial charge is 0.378 e. The Kier molecular flexibility index (Phi) is 5.38. The number of thioether (sulfide) groups is 1. The minimum atomic E-state index is -4.03. The highest BCUT2D eigenvalue weighted by Crippen LogP contribution is 2.32. The topological polar surface area (TPSA) is 72.5 Å². The summed E-state index contributed by atoms with van der Waals surface area (Å²) in [7, 11) is -4.03. The molecule has 1 aliphatic rings. The number of hydrogen-bond acceptors (Lipinski definition) is 6. The lowest BCUT2D eigenvalue weighted by atomic mass is 10.2. The number of rotatable bonds is 4. The van der Waals surface area contributed by atoms with E-state index in [1.807, 2.05) is 6.92 Å². The summed E-state index contributed by atoms with van der Waals surface area (Å²) in [5.74, 6) is -0.291. The lowest BCUT2D eigenvalue weighted by molar-refractivity contribution is -0.115. The second-order valence-electron chi connectivity index (χ2n) is 5.38. The van der Waals surface area contributed by atoms with Crippen LogP contribution in [0.3, 0.4) is 0 Å². The van der Waals surface area contributed by atoms with Crippen molar-refractivity contribution in [1.29, 1.82) is 0 Å². The van der Waals surface area contributed by atoms with Crippen molar-refractivity contribution in [2.24, 2.45) is 0 Å². The van der Waals surface area contributed by atoms with Crippen LogP contribution in [0, 0.1) is 6.92 Å². The maximum atomic E-state index is 12.5. The smallest absolute Gasteiger partial charge is 0.339 e. The monoisotopic (exact) mass is 425 g/mol. The third-order valence-corrected chi connectivity index (χ3v) is 6.06. The first-order valence-corrected chi connectivity index (χ1v) is 10.3. The molecule has 0 spiro atoms. The van der Waals surface area contributed by atoms with Gasteiger partial charge in [-0.15, -0.1) is 0 Å². The van der Waals surface area contributed by atoms with Gasteiger partial charge in [0, 0.05) is 10.6 Å². The molecule has 2 aromatic rings. The molecule has 1 heterocycles. The summed E-state index contributed by atoms with van der Waals surface area (Å²) in [6.07, 6.45) is 1.49. The Hall–Kier alpha value is -1.87. The minimum absolute atomic E-state index is 0.0332. The van der Waals surface area contributed by atoms with Gasteiger partial charge < -0.3 is 9.50 Å². The maximum Gasteiger partial charge on any atom is 0.339 e. The van der Waals surface area contributed by atoms with E-state index < -0.39 is 10.1 Å². The average molecular weight is 426 g/mol. The van der Waals surface area contributed by atoms with Gasteiger partial charge in [-0.1, -0.05) is 53.3 Å². The zero-order valence-electron chi connectivity index (χ0n) is 13.4. The SMILES string of the molecule is Cc1ccc(S(=O)(=O)Oc2ccc(Cl)cc2C=C2SC(=S)NC2=O)cc1. The van der Waals surface area contributed by atoms with Crippen LogP contribution >= 0.6 is 35.6 Å². The van der Waals surface area contributed by atoms with Gasteiger partial charge in [0.15, 0.2) is 0 Å². The van der Waals surface area contributed by atoms with Crippen LogP contribution in [0.4, 0.5) is 0 Å². The summed E-state index contributed by atoms with van der Waals surface area (Å²) in [4.78, 5) is 12.2. The van der Waals surface area contributed by atoms with Gasteiger partial charge in [-0.25, -0.2) is 0 Å². The van der Waals surface area contributed by atoms with Crippen molar-refractivity contribution in [3.05, 3.63) is 63.5 Å². The second-order valence-corrected chi connectivity index (χ2v) is 9.09. The maximum absolute atomic E-state index is 12.5.